The molecule has 4 heteroatoms. The molecule has 2 amide bonds. The van der Waals surface area contributed by atoms with Gasteiger partial charge in [0, 0.05) is 16.8 Å². The van der Waals surface area contributed by atoms with Crippen molar-refractivity contribution < 1.29 is 4.79 Å². The Bertz CT molecular complexity index is 242. The van der Waals surface area contributed by atoms with E-state index in [9.17, 15) is 4.79 Å². The van der Waals surface area contributed by atoms with Crippen LogP contribution in [0.1, 0.15) is 46.5 Å². The van der Waals surface area contributed by atoms with Gasteiger partial charge in [-0.15, -0.1) is 0 Å². The average molecular weight is 244 g/mol. The summed E-state index contributed by atoms with van der Waals surface area (Å²) in [6.45, 7) is 6.77. The first kappa shape index (κ1) is 13.7. The van der Waals surface area contributed by atoms with Gasteiger partial charge in [0.05, 0.1) is 0 Å². The van der Waals surface area contributed by atoms with Crippen molar-refractivity contribution >= 4 is 17.8 Å². The lowest BCUT2D eigenvalue weighted by Crippen LogP contribution is -2.49. The highest BCUT2D eigenvalue weighted by Gasteiger charge is 2.33. The first-order chi connectivity index (χ1) is 7.37. The fraction of sp³-hybridized carbons (Fsp3) is 0.917. The normalized spacial score (nSPS) is 19.5. The van der Waals surface area contributed by atoms with Gasteiger partial charge in [-0.1, -0.05) is 12.8 Å². The third kappa shape index (κ3) is 4.24. The van der Waals surface area contributed by atoms with Crippen molar-refractivity contribution in [2.75, 3.05) is 12.8 Å². The highest BCUT2D eigenvalue weighted by molar-refractivity contribution is 8.00. The fourth-order valence-corrected chi connectivity index (χ4v) is 3.01. The maximum Gasteiger partial charge on any atom is 0.315 e. The lowest BCUT2D eigenvalue weighted by Gasteiger charge is -2.28. The summed E-state index contributed by atoms with van der Waals surface area (Å²) in [5, 5.41) is 5.93. The topological polar surface area (TPSA) is 41.1 Å². The Morgan fingerprint density at radius 1 is 1.31 bits per heavy atom. The molecule has 0 radical (unpaired) electrons. The maximum atomic E-state index is 11.6. The van der Waals surface area contributed by atoms with Gasteiger partial charge < -0.3 is 10.6 Å². The molecule has 1 fully saturated rings. The zero-order chi connectivity index (χ0) is 12.2. The Morgan fingerprint density at radius 3 is 2.31 bits per heavy atom. The van der Waals surface area contributed by atoms with Gasteiger partial charge in [-0.3, -0.25) is 0 Å². The van der Waals surface area contributed by atoms with E-state index in [0.29, 0.717) is 0 Å². The smallest absolute Gasteiger partial charge is 0.315 e. The van der Waals surface area contributed by atoms with E-state index >= 15 is 0 Å². The number of amides is 2. The fourth-order valence-electron chi connectivity index (χ4n) is 2.10. The molecule has 16 heavy (non-hydrogen) atoms. The molecule has 94 valence electrons. The van der Waals surface area contributed by atoms with Gasteiger partial charge in [0.2, 0.25) is 0 Å². The molecule has 0 aromatic carbocycles. The third-order valence-electron chi connectivity index (χ3n) is 3.01. The summed E-state index contributed by atoms with van der Waals surface area (Å²) in [5.74, 6) is 0. The predicted octanol–water partition coefficient (Wildman–Crippen LogP) is 2.76. The Labute approximate surface area is 103 Å². The summed E-state index contributed by atoms with van der Waals surface area (Å²) >= 11 is 1.90. The van der Waals surface area contributed by atoms with E-state index in [1.54, 1.807) is 0 Å². The van der Waals surface area contributed by atoms with Crippen LogP contribution in [-0.4, -0.2) is 29.1 Å². The van der Waals surface area contributed by atoms with Crippen LogP contribution in [0.15, 0.2) is 0 Å². The number of carbonyl (C=O) groups is 1. The van der Waals surface area contributed by atoms with Crippen LogP contribution in [0.25, 0.3) is 0 Å². The van der Waals surface area contributed by atoms with Crippen LogP contribution in [0.2, 0.25) is 0 Å². The van der Waals surface area contributed by atoms with Crippen molar-refractivity contribution in [3.05, 3.63) is 0 Å². The number of nitrogens with one attached hydrogen (secondary N) is 2. The van der Waals surface area contributed by atoms with Gasteiger partial charge in [0.1, 0.15) is 0 Å². The molecule has 0 atom stereocenters. The molecule has 2 N–H and O–H groups in total. The molecular formula is C12H24N2OS. The molecule has 0 saturated heterocycles. The van der Waals surface area contributed by atoms with E-state index in [0.717, 1.165) is 6.54 Å². The Morgan fingerprint density at radius 2 is 1.88 bits per heavy atom. The van der Waals surface area contributed by atoms with Crippen molar-refractivity contribution in [1.29, 1.82) is 0 Å². The number of carbonyl (C=O) groups excluding carboxylic acids is 1. The number of rotatable bonds is 3. The predicted molar refractivity (Wildman–Crippen MR) is 71.0 cm³/mol. The summed E-state index contributed by atoms with van der Waals surface area (Å²) < 4.78 is 0.287. The van der Waals surface area contributed by atoms with E-state index in [1.165, 1.54) is 25.7 Å². The quantitative estimate of drug-likeness (QED) is 0.801. The average Bonchev–Trinajstić information content (AvgIpc) is 2.61. The molecule has 0 heterocycles. The molecule has 0 unspecified atom stereocenters. The van der Waals surface area contributed by atoms with Crippen molar-refractivity contribution in [3.63, 3.8) is 0 Å². The summed E-state index contributed by atoms with van der Waals surface area (Å²) in [6, 6.07) is -0.0483. The van der Waals surface area contributed by atoms with Crippen LogP contribution in [-0.2, 0) is 0 Å². The molecular weight excluding hydrogens is 220 g/mol. The molecule has 0 aromatic heterocycles. The second-order valence-electron chi connectivity index (χ2n) is 5.65. The largest absolute Gasteiger partial charge is 0.337 e. The van der Waals surface area contributed by atoms with Gasteiger partial charge >= 0.3 is 6.03 Å². The summed E-state index contributed by atoms with van der Waals surface area (Å²) in [4.78, 5) is 11.6. The Balaban J connectivity index is 2.35. The second-order valence-corrected chi connectivity index (χ2v) is 6.93. The number of urea groups is 1. The standard InChI is InChI=1S/C12H24N2OS/c1-11(2,3)14-10(15)13-9-12(16-4)7-5-6-8-12/h5-9H2,1-4H3,(H2,13,14,15). The van der Waals surface area contributed by atoms with E-state index in [1.807, 2.05) is 32.5 Å². The lowest BCUT2D eigenvalue weighted by atomic mass is 10.1. The van der Waals surface area contributed by atoms with Crippen LogP contribution in [0.3, 0.4) is 0 Å². The molecule has 1 aliphatic rings. The monoisotopic (exact) mass is 244 g/mol. The highest BCUT2D eigenvalue weighted by atomic mass is 32.2. The molecule has 0 spiro atoms. The van der Waals surface area contributed by atoms with Gasteiger partial charge in [0.15, 0.2) is 0 Å². The van der Waals surface area contributed by atoms with E-state index in [-0.39, 0.29) is 16.3 Å². The van der Waals surface area contributed by atoms with Gasteiger partial charge in [0.25, 0.3) is 0 Å². The van der Waals surface area contributed by atoms with Gasteiger partial charge in [-0.05, 0) is 39.9 Å². The minimum Gasteiger partial charge on any atom is -0.337 e. The zero-order valence-corrected chi connectivity index (χ0v) is 11.7. The molecule has 1 rings (SSSR count). The molecule has 1 saturated carbocycles. The van der Waals surface area contributed by atoms with Crippen LogP contribution >= 0.6 is 11.8 Å². The third-order valence-corrected chi connectivity index (χ3v) is 4.43. The zero-order valence-electron chi connectivity index (χ0n) is 10.9. The number of hydrogen-bond donors (Lipinski definition) is 2. The lowest BCUT2D eigenvalue weighted by molar-refractivity contribution is 0.231. The summed E-state index contributed by atoms with van der Waals surface area (Å²) in [7, 11) is 0. The SMILES string of the molecule is CSC1(CNC(=O)NC(C)(C)C)CCCC1. The first-order valence-corrected chi connectivity index (χ1v) is 7.21. The van der Waals surface area contributed by atoms with Gasteiger partial charge in [-0.25, -0.2) is 4.79 Å². The number of hydrogen-bond acceptors (Lipinski definition) is 2. The number of thioether (sulfide) groups is 1. The molecule has 0 aliphatic heterocycles. The van der Waals surface area contributed by atoms with E-state index in [2.05, 4.69) is 16.9 Å². The summed E-state index contributed by atoms with van der Waals surface area (Å²) in [5.41, 5.74) is -0.160. The first-order valence-electron chi connectivity index (χ1n) is 5.98. The molecule has 0 aromatic rings. The van der Waals surface area contributed by atoms with Crippen molar-refractivity contribution in [1.82, 2.24) is 10.6 Å². The minimum atomic E-state index is -0.160. The van der Waals surface area contributed by atoms with Crippen LogP contribution in [0.4, 0.5) is 4.79 Å². The van der Waals surface area contributed by atoms with Crippen LogP contribution in [0, 0.1) is 0 Å². The molecule has 0 bridgehead atoms. The van der Waals surface area contributed by atoms with Crippen molar-refractivity contribution in [2.45, 2.75) is 56.7 Å². The molecule has 3 nitrogen and oxygen atoms in total. The van der Waals surface area contributed by atoms with Crippen LogP contribution < -0.4 is 10.6 Å². The minimum absolute atomic E-state index is 0.0483. The van der Waals surface area contributed by atoms with Crippen molar-refractivity contribution in [3.8, 4) is 0 Å². The highest BCUT2D eigenvalue weighted by Crippen LogP contribution is 2.39. The van der Waals surface area contributed by atoms with Gasteiger partial charge in [-0.2, -0.15) is 11.8 Å². The van der Waals surface area contributed by atoms with Crippen molar-refractivity contribution in [2.24, 2.45) is 0 Å². The maximum absolute atomic E-state index is 11.6. The molecule has 1 aliphatic carbocycles. The Kier molecular flexibility index (Phi) is 4.53. The summed E-state index contributed by atoms with van der Waals surface area (Å²) in [6.07, 6.45) is 7.19. The Hall–Kier alpha value is -0.380. The van der Waals surface area contributed by atoms with Crippen LogP contribution in [0.5, 0.6) is 0 Å². The second kappa shape index (κ2) is 5.30. The van der Waals surface area contributed by atoms with E-state index < -0.39 is 0 Å². The van der Waals surface area contributed by atoms with E-state index in [4.69, 9.17) is 0 Å².